The number of nitrogens with one attached hydrogen (secondary N) is 1. The molecule has 1 spiro atoms. The summed E-state index contributed by atoms with van der Waals surface area (Å²) in [5.74, 6) is 1.45. The highest BCUT2D eigenvalue weighted by Crippen LogP contribution is 2.41. The number of hydrogen-bond donors (Lipinski definition) is 1. The molecule has 4 heterocycles. The minimum absolute atomic E-state index is 0.111. The van der Waals surface area contributed by atoms with Crippen LogP contribution in [0.3, 0.4) is 0 Å². The fourth-order valence-electron chi connectivity index (χ4n) is 5.02. The summed E-state index contributed by atoms with van der Waals surface area (Å²) in [5, 5.41) is 2.86. The molecule has 3 aliphatic heterocycles. The van der Waals surface area contributed by atoms with Crippen LogP contribution in [0.25, 0.3) is 11.1 Å². The van der Waals surface area contributed by atoms with E-state index in [4.69, 9.17) is 14.2 Å². The average Bonchev–Trinajstić information content (AvgIpc) is 2.89. The van der Waals surface area contributed by atoms with Crippen LogP contribution < -0.4 is 10.1 Å². The summed E-state index contributed by atoms with van der Waals surface area (Å²) in [6.07, 6.45) is 4.92. The topological polar surface area (TPSA) is 93.2 Å². The normalized spacial score (nSPS) is 19.0. The number of morpholine rings is 1. The largest absolute Gasteiger partial charge is 0.487 e. The van der Waals surface area contributed by atoms with Gasteiger partial charge in [-0.25, -0.2) is 14.6 Å². The first kappa shape index (κ1) is 24.4. The lowest BCUT2D eigenvalue weighted by Gasteiger charge is -2.44. The van der Waals surface area contributed by atoms with Gasteiger partial charge in [-0.3, -0.25) is 5.32 Å². The monoisotopic (exact) mass is 494 g/mol. The number of pyridine rings is 1. The van der Waals surface area contributed by atoms with E-state index in [1.807, 2.05) is 32.0 Å². The molecule has 192 valence electrons. The van der Waals surface area contributed by atoms with Gasteiger partial charge < -0.3 is 24.0 Å². The number of carbonyl (C=O) groups is 2. The predicted molar refractivity (Wildman–Crippen MR) is 135 cm³/mol. The number of rotatable bonds is 3. The molecule has 0 saturated carbocycles. The van der Waals surface area contributed by atoms with Crippen molar-refractivity contribution in [3.63, 3.8) is 0 Å². The fraction of sp³-hybridized carbons (Fsp3) is 0.519. The summed E-state index contributed by atoms with van der Waals surface area (Å²) in [7, 11) is 0. The summed E-state index contributed by atoms with van der Waals surface area (Å²) in [4.78, 5) is 32.6. The van der Waals surface area contributed by atoms with Crippen LogP contribution in [0.15, 0.2) is 36.5 Å². The third kappa shape index (κ3) is 5.41. The van der Waals surface area contributed by atoms with Gasteiger partial charge in [-0.15, -0.1) is 0 Å². The molecule has 3 aliphatic rings. The van der Waals surface area contributed by atoms with E-state index in [9.17, 15) is 9.59 Å². The van der Waals surface area contributed by atoms with E-state index in [-0.39, 0.29) is 23.8 Å². The van der Waals surface area contributed by atoms with Crippen LogP contribution in [-0.4, -0.2) is 78.0 Å². The van der Waals surface area contributed by atoms with Crippen molar-refractivity contribution in [1.29, 1.82) is 0 Å². The summed E-state index contributed by atoms with van der Waals surface area (Å²) >= 11 is 0. The lowest BCUT2D eigenvalue weighted by molar-refractivity contribution is -0.0172. The molecule has 0 aliphatic carbocycles. The fourth-order valence-corrected chi connectivity index (χ4v) is 5.02. The van der Waals surface area contributed by atoms with Gasteiger partial charge in [-0.2, -0.15) is 0 Å². The molecule has 1 aromatic heterocycles. The minimum atomic E-state index is -0.235. The summed E-state index contributed by atoms with van der Waals surface area (Å²) < 4.78 is 17.2. The molecule has 36 heavy (non-hydrogen) atoms. The molecule has 9 nitrogen and oxygen atoms in total. The van der Waals surface area contributed by atoms with Crippen LogP contribution in [0.4, 0.5) is 15.4 Å². The third-order valence-corrected chi connectivity index (χ3v) is 7.14. The van der Waals surface area contributed by atoms with Crippen LogP contribution in [0, 0.1) is 0 Å². The van der Waals surface area contributed by atoms with Crippen molar-refractivity contribution in [3.05, 3.63) is 42.1 Å². The predicted octanol–water partition coefficient (Wildman–Crippen LogP) is 4.32. The van der Waals surface area contributed by atoms with Gasteiger partial charge >= 0.3 is 12.1 Å². The number of ether oxygens (including phenoxy) is 3. The van der Waals surface area contributed by atoms with Crippen molar-refractivity contribution in [2.24, 2.45) is 0 Å². The van der Waals surface area contributed by atoms with Gasteiger partial charge in [0, 0.05) is 50.8 Å². The molecule has 1 N–H and O–H groups in total. The number of aryl methyl sites for hydroxylation is 1. The van der Waals surface area contributed by atoms with Crippen molar-refractivity contribution >= 4 is 17.9 Å². The highest BCUT2D eigenvalue weighted by molar-refractivity contribution is 5.88. The molecule has 2 saturated heterocycles. The SMILES string of the molecule is CC(C)OC(=O)N1CCC2(CCc3cc(-c4ccc(NC(=O)N5CCOCC5)nc4)ccc3O2)CC1. The van der Waals surface area contributed by atoms with Crippen molar-refractivity contribution < 1.29 is 23.8 Å². The van der Waals surface area contributed by atoms with Gasteiger partial charge in [-0.05, 0) is 62.1 Å². The van der Waals surface area contributed by atoms with E-state index in [1.165, 1.54) is 5.56 Å². The Bertz CT molecular complexity index is 1090. The van der Waals surface area contributed by atoms with Crippen molar-refractivity contribution in [2.45, 2.75) is 51.2 Å². The summed E-state index contributed by atoms with van der Waals surface area (Å²) in [5.41, 5.74) is 3.02. The standard InChI is InChI=1S/C27H34N4O5/c1-19(2)35-26(33)31-11-9-27(10-12-31)8-7-21-17-20(3-5-23(21)36-27)22-4-6-24(28-18-22)29-25(32)30-13-15-34-16-14-30/h3-6,17-19H,7-16H2,1-2H3,(H,28,29,32). The number of likely N-dealkylation sites (tertiary alicyclic amines) is 1. The number of urea groups is 1. The number of anilines is 1. The van der Waals surface area contributed by atoms with Crippen LogP contribution in [0.1, 0.15) is 38.7 Å². The highest BCUT2D eigenvalue weighted by Gasteiger charge is 2.41. The Morgan fingerprint density at radius 2 is 1.75 bits per heavy atom. The molecule has 0 radical (unpaired) electrons. The van der Waals surface area contributed by atoms with Gasteiger partial charge in [0.2, 0.25) is 0 Å². The zero-order chi connectivity index (χ0) is 25.1. The molecule has 2 fully saturated rings. The van der Waals surface area contributed by atoms with E-state index in [0.29, 0.717) is 45.2 Å². The average molecular weight is 495 g/mol. The number of amides is 3. The van der Waals surface area contributed by atoms with Gasteiger partial charge in [-0.1, -0.05) is 6.07 Å². The summed E-state index contributed by atoms with van der Waals surface area (Å²) in [6, 6.07) is 9.91. The maximum absolute atomic E-state index is 12.4. The van der Waals surface area contributed by atoms with Crippen molar-refractivity contribution in [2.75, 3.05) is 44.7 Å². The highest BCUT2D eigenvalue weighted by atomic mass is 16.6. The maximum atomic E-state index is 12.4. The Balaban J connectivity index is 1.20. The molecule has 3 amide bonds. The van der Waals surface area contributed by atoms with Crippen LogP contribution in [0.2, 0.25) is 0 Å². The smallest absolute Gasteiger partial charge is 0.410 e. The third-order valence-electron chi connectivity index (χ3n) is 7.14. The van der Waals surface area contributed by atoms with E-state index in [0.717, 1.165) is 42.6 Å². The second-order valence-electron chi connectivity index (χ2n) is 9.99. The maximum Gasteiger partial charge on any atom is 0.410 e. The van der Waals surface area contributed by atoms with E-state index >= 15 is 0 Å². The van der Waals surface area contributed by atoms with Crippen LogP contribution >= 0.6 is 0 Å². The minimum Gasteiger partial charge on any atom is -0.487 e. The number of carbonyl (C=O) groups excluding carboxylic acids is 2. The molecular weight excluding hydrogens is 460 g/mol. The number of benzene rings is 1. The molecule has 1 aromatic carbocycles. The lowest BCUT2D eigenvalue weighted by Crippen LogP contribution is -2.51. The summed E-state index contributed by atoms with van der Waals surface area (Å²) in [6.45, 7) is 7.35. The number of piperidine rings is 1. The number of nitrogens with zero attached hydrogens (tertiary/aromatic N) is 3. The van der Waals surface area contributed by atoms with E-state index in [1.54, 1.807) is 16.0 Å². The first-order valence-electron chi connectivity index (χ1n) is 12.8. The van der Waals surface area contributed by atoms with Gasteiger partial charge in [0.25, 0.3) is 0 Å². The molecule has 5 rings (SSSR count). The number of hydrogen-bond acceptors (Lipinski definition) is 6. The van der Waals surface area contributed by atoms with E-state index < -0.39 is 0 Å². The molecular formula is C27H34N4O5. The molecule has 0 bridgehead atoms. The second-order valence-corrected chi connectivity index (χ2v) is 9.99. The molecule has 2 aromatic rings. The first-order chi connectivity index (χ1) is 17.4. The Morgan fingerprint density at radius 3 is 2.44 bits per heavy atom. The number of aromatic nitrogens is 1. The van der Waals surface area contributed by atoms with Crippen molar-refractivity contribution in [1.82, 2.24) is 14.8 Å². The molecule has 0 atom stereocenters. The van der Waals surface area contributed by atoms with Gasteiger partial charge in [0.05, 0.1) is 19.3 Å². The molecule has 0 unspecified atom stereocenters. The Hall–Kier alpha value is -3.33. The van der Waals surface area contributed by atoms with Crippen LogP contribution in [0.5, 0.6) is 5.75 Å². The van der Waals surface area contributed by atoms with Gasteiger partial charge in [0.1, 0.15) is 17.2 Å². The van der Waals surface area contributed by atoms with E-state index in [2.05, 4.69) is 22.4 Å². The number of fused-ring (bicyclic) bond motifs is 1. The quantitative estimate of drug-likeness (QED) is 0.683. The van der Waals surface area contributed by atoms with Crippen molar-refractivity contribution in [3.8, 4) is 16.9 Å². The molecule has 9 heteroatoms. The zero-order valence-electron chi connectivity index (χ0n) is 21.0. The Morgan fingerprint density at radius 1 is 1.00 bits per heavy atom. The first-order valence-corrected chi connectivity index (χ1v) is 12.8. The Labute approximate surface area is 211 Å². The Kier molecular flexibility index (Phi) is 7.00. The second kappa shape index (κ2) is 10.3. The zero-order valence-corrected chi connectivity index (χ0v) is 21.0. The van der Waals surface area contributed by atoms with Crippen LogP contribution in [-0.2, 0) is 15.9 Å². The van der Waals surface area contributed by atoms with Gasteiger partial charge in [0.15, 0.2) is 0 Å². The lowest BCUT2D eigenvalue weighted by atomic mass is 9.83.